The molecular formula is C18H21N5OS. The first kappa shape index (κ1) is 15.4. The number of imidazole rings is 1. The molecule has 0 spiro atoms. The number of ether oxygens (including phenoxy) is 1. The lowest BCUT2D eigenvalue weighted by Crippen LogP contribution is -2.17. The zero-order valence-corrected chi connectivity index (χ0v) is 14.9. The smallest absolute Gasteiger partial charge is 0.191 e. The van der Waals surface area contributed by atoms with Gasteiger partial charge in [-0.3, -0.25) is 0 Å². The minimum Gasteiger partial charge on any atom is -0.376 e. The number of nitrogens with zero attached hydrogens (tertiary/aromatic N) is 5. The van der Waals surface area contributed by atoms with Gasteiger partial charge < -0.3 is 13.7 Å². The Morgan fingerprint density at radius 3 is 2.96 bits per heavy atom. The molecule has 0 radical (unpaired) electrons. The maximum absolute atomic E-state index is 5.84. The van der Waals surface area contributed by atoms with Gasteiger partial charge in [-0.25, -0.2) is 4.98 Å². The average molecular weight is 355 g/mol. The Hall–Kier alpha value is -1.86. The summed E-state index contributed by atoms with van der Waals surface area (Å²) in [4.78, 5) is 4.67. The molecule has 4 heterocycles. The van der Waals surface area contributed by atoms with E-state index < -0.39 is 0 Å². The lowest BCUT2D eigenvalue weighted by molar-refractivity contribution is 0.0942. The van der Waals surface area contributed by atoms with Crippen molar-refractivity contribution in [2.75, 3.05) is 6.61 Å². The molecule has 1 aliphatic heterocycles. The number of hydrogen-bond donors (Lipinski definition) is 0. The van der Waals surface area contributed by atoms with Crippen LogP contribution in [0.25, 0.3) is 5.65 Å². The molecule has 1 atom stereocenters. The van der Waals surface area contributed by atoms with Crippen LogP contribution in [0.3, 0.4) is 0 Å². The molecule has 3 aromatic heterocycles. The van der Waals surface area contributed by atoms with Crippen LogP contribution in [0.4, 0.5) is 0 Å². The summed E-state index contributed by atoms with van der Waals surface area (Å²) in [6.45, 7) is 1.77. The van der Waals surface area contributed by atoms with Crippen molar-refractivity contribution >= 4 is 17.4 Å². The molecular weight excluding hydrogens is 334 g/mol. The Bertz CT molecular complexity index is 846. The number of thioether (sulfide) groups is 1. The van der Waals surface area contributed by atoms with Gasteiger partial charge in [-0.2, -0.15) is 0 Å². The molecule has 6 nitrogen and oxygen atoms in total. The standard InChI is InChI=1S/C18H21N5OS/c1-2-8-22-10-14(19-16(22)5-1)12-25-18-21-20-17(13-6-7-13)23(18)11-15-4-3-9-24-15/h1-2,5,8,10,13,15H,3-4,6-7,9,11-12H2. The van der Waals surface area contributed by atoms with E-state index in [2.05, 4.69) is 30.3 Å². The molecule has 2 fully saturated rings. The third-order valence-electron chi connectivity index (χ3n) is 4.86. The largest absolute Gasteiger partial charge is 0.376 e. The molecule has 0 amide bonds. The highest BCUT2D eigenvalue weighted by Gasteiger charge is 2.31. The Morgan fingerprint density at radius 1 is 1.20 bits per heavy atom. The summed E-state index contributed by atoms with van der Waals surface area (Å²) >= 11 is 1.72. The Balaban J connectivity index is 1.35. The number of hydrogen-bond acceptors (Lipinski definition) is 5. The molecule has 130 valence electrons. The molecule has 1 saturated carbocycles. The van der Waals surface area contributed by atoms with E-state index in [1.165, 1.54) is 12.8 Å². The maximum atomic E-state index is 5.84. The van der Waals surface area contributed by atoms with Gasteiger partial charge in [0.2, 0.25) is 0 Å². The highest BCUT2D eigenvalue weighted by molar-refractivity contribution is 7.98. The summed E-state index contributed by atoms with van der Waals surface area (Å²) in [7, 11) is 0. The van der Waals surface area contributed by atoms with E-state index in [0.29, 0.717) is 12.0 Å². The van der Waals surface area contributed by atoms with Gasteiger partial charge in [-0.15, -0.1) is 10.2 Å². The molecule has 0 N–H and O–H groups in total. The van der Waals surface area contributed by atoms with Crippen LogP contribution in [0.5, 0.6) is 0 Å². The van der Waals surface area contributed by atoms with Gasteiger partial charge in [0.15, 0.2) is 5.16 Å². The molecule has 25 heavy (non-hydrogen) atoms. The minimum absolute atomic E-state index is 0.308. The van der Waals surface area contributed by atoms with Gasteiger partial charge in [0.25, 0.3) is 0 Å². The number of fused-ring (bicyclic) bond motifs is 1. The molecule has 3 aromatic rings. The van der Waals surface area contributed by atoms with Crippen LogP contribution in [-0.2, 0) is 17.0 Å². The van der Waals surface area contributed by atoms with E-state index in [0.717, 1.165) is 54.1 Å². The predicted molar refractivity (Wildman–Crippen MR) is 95.7 cm³/mol. The summed E-state index contributed by atoms with van der Waals surface area (Å²) in [6.07, 6.45) is 9.20. The number of aromatic nitrogens is 5. The molecule has 1 unspecified atom stereocenters. The van der Waals surface area contributed by atoms with Gasteiger partial charge in [-0.1, -0.05) is 17.8 Å². The number of pyridine rings is 1. The summed E-state index contributed by atoms with van der Waals surface area (Å²) in [5, 5.41) is 9.96. The van der Waals surface area contributed by atoms with Crippen molar-refractivity contribution < 1.29 is 4.74 Å². The molecule has 0 bridgehead atoms. The minimum atomic E-state index is 0.308. The van der Waals surface area contributed by atoms with Crippen molar-refractivity contribution in [1.82, 2.24) is 24.1 Å². The fourth-order valence-corrected chi connectivity index (χ4v) is 4.25. The van der Waals surface area contributed by atoms with Gasteiger partial charge in [-0.05, 0) is 37.8 Å². The summed E-state index contributed by atoms with van der Waals surface area (Å²) in [5.41, 5.74) is 2.05. The first-order valence-corrected chi connectivity index (χ1v) is 9.95. The van der Waals surface area contributed by atoms with Crippen molar-refractivity contribution in [3.8, 4) is 0 Å². The Morgan fingerprint density at radius 2 is 2.16 bits per heavy atom. The Labute approximate surface area is 150 Å². The molecule has 0 aromatic carbocycles. The quantitative estimate of drug-likeness (QED) is 0.635. The van der Waals surface area contributed by atoms with Crippen LogP contribution in [0, 0.1) is 0 Å². The molecule has 5 rings (SSSR count). The SMILES string of the molecule is c1ccn2cc(CSc3nnc(C4CC4)n3CC3CCCO3)nc2c1. The van der Waals surface area contributed by atoms with Crippen molar-refractivity contribution in [2.24, 2.45) is 0 Å². The zero-order chi connectivity index (χ0) is 16.6. The topological polar surface area (TPSA) is 57.2 Å². The van der Waals surface area contributed by atoms with Crippen LogP contribution in [0.1, 0.15) is 43.1 Å². The van der Waals surface area contributed by atoms with Crippen molar-refractivity contribution in [1.29, 1.82) is 0 Å². The third kappa shape index (κ3) is 3.18. The lowest BCUT2D eigenvalue weighted by Gasteiger charge is -2.14. The number of rotatable bonds is 6. The van der Waals surface area contributed by atoms with E-state index in [1.54, 1.807) is 11.8 Å². The zero-order valence-electron chi connectivity index (χ0n) is 14.0. The second-order valence-corrected chi connectivity index (χ2v) is 7.79. The summed E-state index contributed by atoms with van der Waals surface area (Å²) < 4.78 is 10.2. The van der Waals surface area contributed by atoms with Crippen LogP contribution in [0.15, 0.2) is 35.7 Å². The van der Waals surface area contributed by atoms with Gasteiger partial charge >= 0.3 is 0 Å². The fourth-order valence-electron chi connectivity index (χ4n) is 3.41. The third-order valence-corrected chi connectivity index (χ3v) is 5.86. The molecule has 2 aliphatic rings. The van der Waals surface area contributed by atoms with E-state index in [-0.39, 0.29) is 0 Å². The summed E-state index contributed by atoms with van der Waals surface area (Å²) in [5.74, 6) is 2.54. The van der Waals surface area contributed by atoms with Crippen molar-refractivity contribution in [3.63, 3.8) is 0 Å². The highest BCUT2D eigenvalue weighted by Crippen LogP contribution is 2.40. The highest BCUT2D eigenvalue weighted by atomic mass is 32.2. The fraction of sp³-hybridized carbons (Fsp3) is 0.500. The van der Waals surface area contributed by atoms with Crippen molar-refractivity contribution in [3.05, 3.63) is 42.1 Å². The Kier molecular flexibility index (Phi) is 3.98. The van der Waals surface area contributed by atoms with Gasteiger partial charge in [0, 0.05) is 30.7 Å². The second-order valence-electron chi connectivity index (χ2n) is 6.85. The normalized spacial score (nSPS) is 20.6. The second kappa shape index (κ2) is 6.46. The maximum Gasteiger partial charge on any atom is 0.191 e. The first-order valence-electron chi connectivity index (χ1n) is 8.97. The van der Waals surface area contributed by atoms with Crippen LogP contribution in [-0.4, -0.2) is 36.9 Å². The van der Waals surface area contributed by atoms with Crippen LogP contribution >= 0.6 is 11.8 Å². The van der Waals surface area contributed by atoms with Crippen LogP contribution in [0.2, 0.25) is 0 Å². The van der Waals surface area contributed by atoms with Gasteiger partial charge in [0.05, 0.1) is 18.3 Å². The van der Waals surface area contributed by atoms with Crippen LogP contribution < -0.4 is 0 Å². The predicted octanol–water partition coefficient (Wildman–Crippen LogP) is 3.27. The summed E-state index contributed by atoms with van der Waals surface area (Å²) in [6, 6.07) is 6.06. The molecule has 1 saturated heterocycles. The molecule has 7 heteroatoms. The van der Waals surface area contributed by atoms with E-state index >= 15 is 0 Å². The lowest BCUT2D eigenvalue weighted by atomic mass is 10.2. The van der Waals surface area contributed by atoms with E-state index in [1.807, 2.05) is 24.4 Å². The first-order chi connectivity index (χ1) is 12.4. The molecule has 1 aliphatic carbocycles. The van der Waals surface area contributed by atoms with Crippen molar-refractivity contribution in [2.45, 2.75) is 55.2 Å². The average Bonchev–Trinajstić information content (AvgIpc) is 3.05. The van der Waals surface area contributed by atoms with E-state index in [4.69, 9.17) is 4.74 Å². The van der Waals surface area contributed by atoms with E-state index in [9.17, 15) is 0 Å². The van der Waals surface area contributed by atoms with Gasteiger partial charge in [0.1, 0.15) is 11.5 Å². The monoisotopic (exact) mass is 355 g/mol.